The minimum absolute atomic E-state index is 0.128. The smallest absolute Gasteiger partial charge is 0.303 e. The van der Waals surface area contributed by atoms with Gasteiger partial charge >= 0.3 is 5.97 Å². The highest BCUT2D eigenvalue weighted by Crippen LogP contribution is 2.16. The van der Waals surface area contributed by atoms with Gasteiger partial charge in [0.15, 0.2) is 0 Å². The summed E-state index contributed by atoms with van der Waals surface area (Å²) in [5.41, 5.74) is 0.894. The predicted molar refractivity (Wildman–Crippen MR) is 81.6 cm³/mol. The Labute approximate surface area is 126 Å². The second-order valence-electron chi connectivity index (χ2n) is 5.21. The Balaban J connectivity index is 2.51. The highest BCUT2D eigenvalue weighted by Gasteiger charge is 2.15. The number of hydrogen-bond donors (Lipinski definition) is 2. The summed E-state index contributed by atoms with van der Waals surface area (Å²) in [6.45, 7) is 4.16. The Bertz CT molecular complexity index is 569. The van der Waals surface area contributed by atoms with Gasteiger partial charge in [-0.05, 0) is 43.4 Å². The Morgan fingerprint density at radius 1 is 1.33 bits per heavy atom. The zero-order valence-electron chi connectivity index (χ0n) is 12.5. The van der Waals surface area contributed by atoms with Gasteiger partial charge in [-0.25, -0.2) is 13.1 Å². The van der Waals surface area contributed by atoms with Crippen LogP contribution < -0.4 is 4.72 Å². The summed E-state index contributed by atoms with van der Waals surface area (Å²) in [6.07, 6.45) is 2.20. The fraction of sp³-hybridized carbons (Fsp3) is 0.533. The standard InChI is InChI=1S/C15H23NO4S/c1-3-13(7-8-15(17)18)9-10-16-21(19,20)14-6-4-5-12(2)11-14/h4-6,11,13,16H,3,7-10H2,1-2H3,(H,17,18). The van der Waals surface area contributed by atoms with Crippen molar-refractivity contribution in [3.05, 3.63) is 29.8 Å². The molecule has 1 atom stereocenters. The van der Waals surface area contributed by atoms with Gasteiger partial charge in [0.05, 0.1) is 4.90 Å². The van der Waals surface area contributed by atoms with Crippen LogP contribution in [-0.2, 0) is 14.8 Å². The lowest BCUT2D eigenvalue weighted by molar-refractivity contribution is -0.137. The van der Waals surface area contributed by atoms with Gasteiger partial charge in [0.2, 0.25) is 10.0 Å². The molecule has 0 aromatic heterocycles. The first-order chi connectivity index (χ1) is 9.85. The van der Waals surface area contributed by atoms with Crippen molar-refractivity contribution >= 4 is 16.0 Å². The van der Waals surface area contributed by atoms with E-state index in [-0.39, 0.29) is 17.2 Å². The van der Waals surface area contributed by atoms with Crippen LogP contribution in [0.15, 0.2) is 29.2 Å². The van der Waals surface area contributed by atoms with Crippen LogP contribution in [0.4, 0.5) is 0 Å². The highest BCUT2D eigenvalue weighted by atomic mass is 32.2. The molecule has 0 radical (unpaired) electrons. The van der Waals surface area contributed by atoms with Gasteiger partial charge in [-0.3, -0.25) is 4.79 Å². The molecule has 0 aliphatic heterocycles. The fourth-order valence-electron chi connectivity index (χ4n) is 2.14. The van der Waals surface area contributed by atoms with Crippen molar-refractivity contribution in [1.29, 1.82) is 0 Å². The molecule has 6 heteroatoms. The summed E-state index contributed by atoms with van der Waals surface area (Å²) >= 11 is 0. The average molecular weight is 313 g/mol. The molecule has 1 rings (SSSR count). The van der Waals surface area contributed by atoms with Gasteiger partial charge in [-0.1, -0.05) is 25.5 Å². The summed E-state index contributed by atoms with van der Waals surface area (Å²) in [5.74, 6) is -0.588. The van der Waals surface area contributed by atoms with E-state index in [9.17, 15) is 13.2 Å². The summed E-state index contributed by atoms with van der Waals surface area (Å²) < 4.78 is 26.8. The fourth-order valence-corrected chi connectivity index (χ4v) is 3.30. The van der Waals surface area contributed by atoms with Gasteiger partial charge in [-0.2, -0.15) is 0 Å². The van der Waals surface area contributed by atoms with Gasteiger partial charge in [0.1, 0.15) is 0 Å². The van der Waals surface area contributed by atoms with E-state index in [0.717, 1.165) is 12.0 Å². The summed E-state index contributed by atoms with van der Waals surface area (Å²) in [7, 11) is -3.48. The lowest BCUT2D eigenvalue weighted by atomic mass is 9.97. The second kappa shape index (κ2) is 8.14. The molecule has 0 saturated heterocycles. The molecule has 0 aliphatic rings. The first kappa shape index (κ1) is 17.7. The molecule has 118 valence electrons. The average Bonchev–Trinajstić information content (AvgIpc) is 2.42. The molecule has 0 bridgehead atoms. The van der Waals surface area contributed by atoms with Crippen molar-refractivity contribution in [1.82, 2.24) is 4.72 Å². The number of rotatable bonds is 9. The Morgan fingerprint density at radius 2 is 2.05 bits per heavy atom. The van der Waals surface area contributed by atoms with Crippen LogP contribution in [0, 0.1) is 12.8 Å². The highest BCUT2D eigenvalue weighted by molar-refractivity contribution is 7.89. The maximum Gasteiger partial charge on any atom is 0.303 e. The number of sulfonamides is 1. The molecule has 0 fully saturated rings. The molecular weight excluding hydrogens is 290 g/mol. The molecule has 1 aromatic rings. The third-order valence-electron chi connectivity index (χ3n) is 3.49. The SMILES string of the molecule is CCC(CCNS(=O)(=O)c1cccc(C)c1)CCC(=O)O. The molecule has 0 saturated carbocycles. The molecule has 5 nitrogen and oxygen atoms in total. The lowest BCUT2D eigenvalue weighted by Gasteiger charge is -2.14. The van der Waals surface area contributed by atoms with Crippen molar-refractivity contribution in [3.63, 3.8) is 0 Å². The van der Waals surface area contributed by atoms with Crippen LogP contribution in [-0.4, -0.2) is 26.0 Å². The van der Waals surface area contributed by atoms with E-state index >= 15 is 0 Å². The van der Waals surface area contributed by atoms with Crippen molar-refractivity contribution in [2.45, 2.75) is 44.4 Å². The van der Waals surface area contributed by atoms with E-state index in [2.05, 4.69) is 4.72 Å². The zero-order chi connectivity index (χ0) is 15.9. The van der Waals surface area contributed by atoms with Crippen LogP contribution in [0.2, 0.25) is 0 Å². The quantitative estimate of drug-likeness (QED) is 0.734. The first-order valence-corrected chi connectivity index (χ1v) is 8.61. The molecule has 0 amide bonds. The number of carboxylic acid groups (broad SMARTS) is 1. The van der Waals surface area contributed by atoms with Crippen molar-refractivity contribution in [3.8, 4) is 0 Å². The number of aliphatic carboxylic acids is 1. The number of carboxylic acids is 1. The van der Waals surface area contributed by atoms with Crippen molar-refractivity contribution in [2.75, 3.05) is 6.54 Å². The van der Waals surface area contributed by atoms with E-state index in [0.29, 0.717) is 19.4 Å². The zero-order valence-corrected chi connectivity index (χ0v) is 13.3. The van der Waals surface area contributed by atoms with Crippen LogP contribution >= 0.6 is 0 Å². The molecule has 0 heterocycles. The van der Waals surface area contributed by atoms with Gasteiger partial charge in [0, 0.05) is 13.0 Å². The molecule has 1 aromatic carbocycles. The predicted octanol–water partition coefficient (Wildman–Crippen LogP) is 2.55. The third-order valence-corrected chi connectivity index (χ3v) is 4.95. The van der Waals surface area contributed by atoms with Gasteiger partial charge in [-0.15, -0.1) is 0 Å². The number of benzene rings is 1. The lowest BCUT2D eigenvalue weighted by Crippen LogP contribution is -2.26. The first-order valence-electron chi connectivity index (χ1n) is 7.13. The molecule has 21 heavy (non-hydrogen) atoms. The topological polar surface area (TPSA) is 83.5 Å². The third kappa shape index (κ3) is 6.27. The second-order valence-corrected chi connectivity index (χ2v) is 6.98. The monoisotopic (exact) mass is 313 g/mol. The van der Waals surface area contributed by atoms with Crippen LogP contribution in [0.5, 0.6) is 0 Å². The summed E-state index contributed by atoms with van der Waals surface area (Å²) in [4.78, 5) is 10.8. The molecule has 1 unspecified atom stereocenters. The van der Waals surface area contributed by atoms with Crippen LogP contribution in [0.3, 0.4) is 0 Å². The molecule has 2 N–H and O–H groups in total. The van der Waals surface area contributed by atoms with Crippen molar-refractivity contribution in [2.24, 2.45) is 5.92 Å². The van der Waals surface area contributed by atoms with Gasteiger partial charge < -0.3 is 5.11 Å². The maximum absolute atomic E-state index is 12.1. The summed E-state index contributed by atoms with van der Waals surface area (Å²) in [5, 5.41) is 8.68. The number of hydrogen-bond acceptors (Lipinski definition) is 3. The maximum atomic E-state index is 12.1. The van der Waals surface area contributed by atoms with Gasteiger partial charge in [0.25, 0.3) is 0 Å². The summed E-state index contributed by atoms with van der Waals surface area (Å²) in [6, 6.07) is 6.75. The number of aryl methyl sites for hydroxylation is 1. The normalized spacial score (nSPS) is 13.0. The van der Waals surface area contributed by atoms with E-state index in [1.165, 1.54) is 0 Å². The van der Waals surface area contributed by atoms with E-state index in [4.69, 9.17) is 5.11 Å². The Hall–Kier alpha value is -1.40. The molecule has 0 aliphatic carbocycles. The Morgan fingerprint density at radius 3 is 2.62 bits per heavy atom. The van der Waals surface area contributed by atoms with E-state index in [1.54, 1.807) is 18.2 Å². The van der Waals surface area contributed by atoms with Crippen LogP contribution in [0.25, 0.3) is 0 Å². The molecular formula is C15H23NO4S. The van der Waals surface area contributed by atoms with E-state index in [1.807, 2.05) is 19.9 Å². The van der Waals surface area contributed by atoms with Crippen molar-refractivity contribution < 1.29 is 18.3 Å². The number of nitrogens with one attached hydrogen (secondary N) is 1. The van der Waals surface area contributed by atoms with E-state index < -0.39 is 16.0 Å². The molecule has 0 spiro atoms. The minimum Gasteiger partial charge on any atom is -0.481 e. The van der Waals surface area contributed by atoms with Crippen LogP contribution in [0.1, 0.15) is 38.2 Å². The number of carbonyl (C=O) groups is 1. The Kier molecular flexibility index (Phi) is 6.84. The largest absolute Gasteiger partial charge is 0.481 e. The minimum atomic E-state index is -3.48.